The van der Waals surface area contributed by atoms with Crippen LogP contribution in [0.3, 0.4) is 0 Å². The van der Waals surface area contributed by atoms with Crippen LogP contribution >= 0.6 is 11.3 Å². The molecule has 2 aromatic heterocycles. The maximum atomic E-state index is 13.4. The lowest BCUT2D eigenvalue weighted by Crippen LogP contribution is -2.14. The molecule has 4 aromatic rings. The van der Waals surface area contributed by atoms with Crippen LogP contribution in [0.4, 0.5) is 15.2 Å². The topological polar surface area (TPSA) is 148 Å². The zero-order valence-corrected chi connectivity index (χ0v) is 20.1. The number of aromatic carboxylic acids is 1. The van der Waals surface area contributed by atoms with E-state index >= 15 is 0 Å². The summed E-state index contributed by atoms with van der Waals surface area (Å²) in [6.07, 6.45) is 2.27. The molecule has 0 saturated carbocycles. The Balaban J connectivity index is 1.54. The number of sulfonamides is 1. The van der Waals surface area contributed by atoms with Gasteiger partial charge in [-0.3, -0.25) is 9.52 Å². The van der Waals surface area contributed by atoms with E-state index in [9.17, 15) is 22.4 Å². The third kappa shape index (κ3) is 6.20. The molecule has 2 aromatic carbocycles. The Labute approximate surface area is 208 Å². The van der Waals surface area contributed by atoms with E-state index < -0.39 is 27.7 Å². The molecule has 0 atom stereocenters. The van der Waals surface area contributed by atoms with Gasteiger partial charge in [0.1, 0.15) is 23.0 Å². The van der Waals surface area contributed by atoms with Crippen LogP contribution in [0.5, 0.6) is 11.5 Å². The molecule has 4 rings (SSSR count). The number of thiazole rings is 1. The summed E-state index contributed by atoms with van der Waals surface area (Å²) in [6.45, 7) is 0. The molecule has 0 fully saturated rings. The van der Waals surface area contributed by atoms with Gasteiger partial charge in [0.05, 0.1) is 11.1 Å². The van der Waals surface area contributed by atoms with Gasteiger partial charge in [0.15, 0.2) is 10.8 Å². The molecule has 0 bridgehead atoms. The molecule has 3 N–H and O–H groups in total. The molecule has 0 spiro atoms. The van der Waals surface area contributed by atoms with Gasteiger partial charge in [0.25, 0.3) is 5.91 Å². The smallest absolute Gasteiger partial charge is 0.354 e. The second-order valence-electron chi connectivity index (χ2n) is 7.34. The highest BCUT2D eigenvalue weighted by molar-refractivity contribution is 7.92. The number of halogens is 1. The number of ether oxygens (including phenoxy) is 1. The highest BCUT2D eigenvalue weighted by Gasteiger charge is 2.21. The summed E-state index contributed by atoms with van der Waals surface area (Å²) in [4.78, 5) is 32.3. The van der Waals surface area contributed by atoms with Crippen LogP contribution in [0.1, 0.15) is 21.0 Å². The number of hydrogen-bond donors (Lipinski definition) is 3. The SMILES string of the molecule is CS(=O)(=O)Nc1nc(C(=O)Nc2ccc(Oc3ccnc(C(=O)O)c3)cc2)c(-c2ccc(F)cc2)s1. The van der Waals surface area contributed by atoms with Crippen molar-refractivity contribution in [3.8, 4) is 21.9 Å². The van der Waals surface area contributed by atoms with Crippen LogP contribution in [-0.4, -0.2) is 41.6 Å². The first kappa shape index (κ1) is 24.8. The lowest BCUT2D eigenvalue weighted by atomic mass is 10.1. The number of anilines is 2. The average Bonchev–Trinajstić information content (AvgIpc) is 3.23. The third-order valence-electron chi connectivity index (χ3n) is 4.52. The number of rotatable bonds is 8. The molecule has 0 saturated heterocycles. The number of carbonyl (C=O) groups is 2. The van der Waals surface area contributed by atoms with Crippen molar-refractivity contribution in [2.24, 2.45) is 0 Å². The van der Waals surface area contributed by atoms with Crippen molar-refractivity contribution in [2.75, 3.05) is 16.3 Å². The maximum Gasteiger partial charge on any atom is 0.354 e. The second kappa shape index (κ2) is 10.1. The fraction of sp³-hybridized carbons (Fsp3) is 0.0435. The summed E-state index contributed by atoms with van der Waals surface area (Å²) in [5.74, 6) is -1.60. The van der Waals surface area contributed by atoms with E-state index in [2.05, 4.69) is 20.0 Å². The number of aromatic nitrogens is 2. The van der Waals surface area contributed by atoms with Crippen molar-refractivity contribution >= 4 is 44.1 Å². The molecule has 0 aliphatic rings. The Bertz CT molecular complexity index is 1540. The van der Waals surface area contributed by atoms with E-state index in [-0.39, 0.29) is 22.3 Å². The lowest BCUT2D eigenvalue weighted by molar-refractivity contribution is 0.0689. The van der Waals surface area contributed by atoms with Crippen molar-refractivity contribution in [3.05, 3.63) is 84.1 Å². The molecule has 0 unspecified atom stereocenters. The molecule has 2 heterocycles. The zero-order chi connectivity index (χ0) is 25.9. The minimum absolute atomic E-state index is 0.0104. The Kier molecular flexibility index (Phi) is 6.94. The fourth-order valence-corrected chi connectivity index (χ4v) is 4.80. The number of benzene rings is 2. The van der Waals surface area contributed by atoms with Gasteiger partial charge in [-0.15, -0.1) is 0 Å². The number of nitrogens with one attached hydrogen (secondary N) is 2. The van der Waals surface area contributed by atoms with Gasteiger partial charge in [0.2, 0.25) is 10.0 Å². The van der Waals surface area contributed by atoms with Gasteiger partial charge in [-0.25, -0.2) is 27.6 Å². The van der Waals surface area contributed by atoms with Crippen molar-refractivity contribution in [1.82, 2.24) is 9.97 Å². The fourth-order valence-electron chi connectivity index (χ4n) is 3.00. The predicted octanol–water partition coefficient (Wildman–Crippen LogP) is 4.46. The predicted molar refractivity (Wildman–Crippen MR) is 132 cm³/mol. The van der Waals surface area contributed by atoms with E-state index in [1.54, 1.807) is 24.3 Å². The summed E-state index contributed by atoms with van der Waals surface area (Å²) in [7, 11) is -3.64. The normalized spacial score (nSPS) is 11.1. The second-order valence-corrected chi connectivity index (χ2v) is 10.1. The van der Waals surface area contributed by atoms with Crippen LogP contribution in [0.25, 0.3) is 10.4 Å². The summed E-state index contributed by atoms with van der Waals surface area (Å²) in [5.41, 5.74) is 0.670. The molecule has 0 radical (unpaired) electrons. The number of nitrogens with zero attached hydrogens (tertiary/aromatic N) is 2. The van der Waals surface area contributed by atoms with Crippen LogP contribution in [0, 0.1) is 5.82 Å². The first-order valence-electron chi connectivity index (χ1n) is 10.1. The maximum absolute atomic E-state index is 13.4. The van der Waals surface area contributed by atoms with Crippen molar-refractivity contribution < 1.29 is 32.2 Å². The van der Waals surface area contributed by atoms with Gasteiger partial charge in [-0.2, -0.15) is 0 Å². The van der Waals surface area contributed by atoms with Crippen LogP contribution in [-0.2, 0) is 10.0 Å². The van der Waals surface area contributed by atoms with Gasteiger partial charge < -0.3 is 15.2 Å². The van der Waals surface area contributed by atoms with Crippen molar-refractivity contribution in [1.29, 1.82) is 0 Å². The number of carbonyl (C=O) groups excluding carboxylic acids is 1. The summed E-state index contributed by atoms with van der Waals surface area (Å²) in [5, 5.41) is 11.7. The molecular formula is C23H17FN4O6S2. The summed E-state index contributed by atoms with van der Waals surface area (Å²) >= 11 is 0.939. The van der Waals surface area contributed by atoms with Gasteiger partial charge in [-0.05, 0) is 48.0 Å². The minimum atomic E-state index is -3.64. The van der Waals surface area contributed by atoms with Gasteiger partial charge in [0, 0.05) is 18.0 Å². The number of carboxylic acids is 1. The Morgan fingerprint density at radius 2 is 1.72 bits per heavy atom. The third-order valence-corrected chi connectivity index (χ3v) is 6.23. The van der Waals surface area contributed by atoms with E-state index in [0.717, 1.165) is 17.6 Å². The number of carboxylic acid groups (broad SMARTS) is 1. The summed E-state index contributed by atoms with van der Waals surface area (Å²) < 4.78 is 44.5. The van der Waals surface area contributed by atoms with Crippen molar-refractivity contribution in [3.63, 3.8) is 0 Å². The first-order chi connectivity index (χ1) is 17.1. The Morgan fingerprint density at radius 1 is 1.03 bits per heavy atom. The number of amides is 1. The molecule has 184 valence electrons. The van der Waals surface area contributed by atoms with E-state index in [1.807, 2.05) is 0 Å². The highest BCUT2D eigenvalue weighted by atomic mass is 32.2. The average molecular weight is 529 g/mol. The standard InChI is InChI=1S/C23H17FN4O6S2/c1-36(32,33)28-23-27-19(20(35-23)13-2-4-14(24)5-3-13)21(29)26-15-6-8-16(9-7-15)34-17-10-11-25-18(12-17)22(30)31/h2-12H,1H3,(H,26,29)(H,27,28)(H,30,31). The zero-order valence-electron chi connectivity index (χ0n) is 18.4. The highest BCUT2D eigenvalue weighted by Crippen LogP contribution is 2.34. The van der Waals surface area contributed by atoms with Gasteiger partial charge in [-0.1, -0.05) is 23.5 Å². The van der Waals surface area contributed by atoms with Crippen LogP contribution in [0.15, 0.2) is 66.9 Å². The van der Waals surface area contributed by atoms with E-state index in [4.69, 9.17) is 9.84 Å². The van der Waals surface area contributed by atoms with Crippen LogP contribution in [0.2, 0.25) is 0 Å². The monoisotopic (exact) mass is 528 g/mol. The quantitative estimate of drug-likeness (QED) is 0.304. The minimum Gasteiger partial charge on any atom is -0.477 e. The van der Waals surface area contributed by atoms with E-state index in [1.165, 1.54) is 42.6 Å². The molecule has 13 heteroatoms. The van der Waals surface area contributed by atoms with Crippen LogP contribution < -0.4 is 14.8 Å². The Morgan fingerprint density at radius 3 is 2.36 bits per heavy atom. The molecule has 0 aliphatic carbocycles. The number of hydrogen-bond acceptors (Lipinski definition) is 8. The molecule has 1 amide bonds. The van der Waals surface area contributed by atoms with Gasteiger partial charge >= 0.3 is 5.97 Å². The first-order valence-corrected chi connectivity index (χ1v) is 12.8. The molecule has 36 heavy (non-hydrogen) atoms. The Hall–Kier alpha value is -4.36. The molecule has 0 aliphatic heterocycles. The molecular weight excluding hydrogens is 511 g/mol. The largest absolute Gasteiger partial charge is 0.477 e. The lowest BCUT2D eigenvalue weighted by Gasteiger charge is -2.08. The summed E-state index contributed by atoms with van der Waals surface area (Å²) in [6, 6.07) is 14.4. The van der Waals surface area contributed by atoms with Crippen molar-refractivity contribution in [2.45, 2.75) is 0 Å². The molecule has 10 nitrogen and oxygen atoms in total. The number of pyridine rings is 1. The van der Waals surface area contributed by atoms with E-state index in [0.29, 0.717) is 21.9 Å².